The van der Waals surface area contributed by atoms with E-state index in [0.29, 0.717) is 5.92 Å². The van der Waals surface area contributed by atoms with E-state index in [1.165, 1.54) is 5.57 Å². The van der Waals surface area contributed by atoms with Crippen molar-refractivity contribution in [1.29, 1.82) is 0 Å². The van der Waals surface area contributed by atoms with Gasteiger partial charge in [-0.05, 0) is 0 Å². The summed E-state index contributed by atoms with van der Waals surface area (Å²) in [7, 11) is 9.87. The van der Waals surface area contributed by atoms with Gasteiger partial charge >= 0.3 is 37.9 Å². The molecular weight excluding hydrogens is 306 g/mol. The molecule has 0 aliphatic heterocycles. The molecule has 0 aromatic rings. The van der Waals surface area contributed by atoms with Crippen molar-refractivity contribution in [2.45, 2.75) is 20.3 Å². The maximum atomic E-state index is 4.93. The predicted molar refractivity (Wildman–Crippen MR) is 64.0 cm³/mol. The van der Waals surface area contributed by atoms with Crippen LogP contribution in [0.1, 0.15) is 20.3 Å². The van der Waals surface area contributed by atoms with E-state index < -0.39 is 20.8 Å². The fourth-order valence-electron chi connectivity index (χ4n) is 0.950. The minimum atomic E-state index is -0.826. The van der Waals surface area contributed by atoms with Crippen molar-refractivity contribution in [3.05, 3.63) is 48.1 Å². The van der Waals surface area contributed by atoms with E-state index in [1.807, 2.05) is 24.3 Å². The fourth-order valence-corrected chi connectivity index (χ4v) is 0.950. The Morgan fingerprint density at radius 2 is 2.07 bits per heavy atom. The zero-order valence-electron chi connectivity index (χ0n) is 8.93. The zero-order valence-corrected chi connectivity index (χ0v) is 12.9. The van der Waals surface area contributed by atoms with Crippen LogP contribution in [-0.4, -0.2) is 0 Å². The molecule has 80 valence electrons. The van der Waals surface area contributed by atoms with Gasteiger partial charge in [-0.3, -0.25) is 12.2 Å². The fraction of sp³-hybridized carbons (Fsp3) is 0.333. The average molecular weight is 320 g/mol. The molecule has 1 atom stereocenters. The van der Waals surface area contributed by atoms with Crippen LogP contribution >= 0.6 is 17.0 Å². The number of allylic oxidation sites excluding steroid dienone is 8. The van der Waals surface area contributed by atoms with Gasteiger partial charge in [0.1, 0.15) is 0 Å². The molecule has 0 nitrogen and oxygen atoms in total. The molecule has 1 unspecified atom stereocenters. The van der Waals surface area contributed by atoms with Crippen molar-refractivity contribution in [3.63, 3.8) is 0 Å². The first-order chi connectivity index (χ1) is 7.20. The standard InChI is InChI=1S/2C6H7.2ClH.Zr/c2*1-6-4-2-3-5-6;;;/h2,5H,4H2,1H3;2,4-6H,1H3;2*1H;/q2*-1;;;+4/p-2. The second kappa shape index (κ2) is 10.9. The van der Waals surface area contributed by atoms with Gasteiger partial charge in [-0.15, -0.1) is 6.92 Å². The van der Waals surface area contributed by atoms with Crippen LogP contribution in [0.5, 0.6) is 0 Å². The first kappa shape index (κ1) is 15.4. The Balaban J connectivity index is 0.000000210. The first-order valence-corrected chi connectivity index (χ1v) is 11.0. The van der Waals surface area contributed by atoms with E-state index >= 15 is 0 Å². The van der Waals surface area contributed by atoms with Crippen molar-refractivity contribution in [2.75, 3.05) is 0 Å². The van der Waals surface area contributed by atoms with Crippen LogP contribution in [0.15, 0.2) is 36.0 Å². The van der Waals surface area contributed by atoms with Gasteiger partial charge in [0, 0.05) is 0 Å². The molecule has 2 aliphatic rings. The van der Waals surface area contributed by atoms with E-state index in [4.69, 9.17) is 17.0 Å². The second-order valence-corrected chi connectivity index (χ2v) is 6.92. The van der Waals surface area contributed by atoms with Crippen molar-refractivity contribution in [1.82, 2.24) is 0 Å². The van der Waals surface area contributed by atoms with Crippen molar-refractivity contribution < 1.29 is 20.8 Å². The third-order valence-corrected chi connectivity index (χ3v) is 1.73. The van der Waals surface area contributed by atoms with Gasteiger partial charge < -0.3 is 0 Å². The topological polar surface area (TPSA) is 0 Å². The Morgan fingerprint density at radius 3 is 2.20 bits per heavy atom. The summed E-state index contributed by atoms with van der Waals surface area (Å²) in [5.74, 6) is 0.630. The van der Waals surface area contributed by atoms with Gasteiger partial charge in [0.25, 0.3) is 0 Å². The van der Waals surface area contributed by atoms with E-state index in [9.17, 15) is 0 Å². The van der Waals surface area contributed by atoms with Crippen molar-refractivity contribution >= 4 is 17.0 Å². The van der Waals surface area contributed by atoms with Crippen LogP contribution in [0.3, 0.4) is 0 Å². The Hall–Kier alpha value is 0.423. The van der Waals surface area contributed by atoms with Crippen LogP contribution < -0.4 is 0 Å². The molecule has 3 heteroatoms. The van der Waals surface area contributed by atoms with E-state index in [-0.39, 0.29) is 0 Å². The third kappa shape index (κ3) is 10.7. The minimum absolute atomic E-state index is 0.630. The molecular formula is C12H14Cl2Zr. The molecule has 15 heavy (non-hydrogen) atoms. The summed E-state index contributed by atoms with van der Waals surface area (Å²) in [5, 5.41) is 0. The summed E-state index contributed by atoms with van der Waals surface area (Å²) in [6, 6.07) is 0. The van der Waals surface area contributed by atoms with Gasteiger partial charge in [0.05, 0.1) is 0 Å². The first-order valence-electron chi connectivity index (χ1n) is 4.66. The molecule has 0 heterocycles. The molecule has 0 fully saturated rings. The van der Waals surface area contributed by atoms with Crippen LogP contribution in [-0.2, 0) is 20.8 Å². The summed E-state index contributed by atoms with van der Waals surface area (Å²) in [6.07, 6.45) is 17.2. The summed E-state index contributed by atoms with van der Waals surface area (Å²) in [5.41, 5.74) is 1.41. The molecule has 2 aliphatic carbocycles. The normalized spacial score (nSPS) is 19.7. The Kier molecular flexibility index (Phi) is 11.2. The molecule has 0 amide bonds. The number of halogens is 2. The Labute approximate surface area is 111 Å². The Bertz CT molecular complexity index is 253. The van der Waals surface area contributed by atoms with Crippen molar-refractivity contribution in [3.8, 4) is 0 Å². The van der Waals surface area contributed by atoms with Gasteiger partial charge in [0.15, 0.2) is 0 Å². The molecule has 2 rings (SSSR count). The number of hydrogen-bond acceptors (Lipinski definition) is 0. The van der Waals surface area contributed by atoms with Crippen molar-refractivity contribution in [2.24, 2.45) is 5.92 Å². The van der Waals surface area contributed by atoms with Crippen LogP contribution in [0.25, 0.3) is 0 Å². The quantitative estimate of drug-likeness (QED) is 0.571. The van der Waals surface area contributed by atoms with E-state index in [1.54, 1.807) is 0 Å². The van der Waals surface area contributed by atoms with E-state index in [0.717, 1.165) is 6.42 Å². The molecule has 0 N–H and O–H groups in total. The summed E-state index contributed by atoms with van der Waals surface area (Å²) >= 11 is -0.826. The molecule has 0 bridgehead atoms. The summed E-state index contributed by atoms with van der Waals surface area (Å²) < 4.78 is 0. The SMILES string of the molecule is CC1=C[C-]=CC1.CC1C=[C-]C=C1.[Cl][Zr+2][Cl]. The molecule has 0 saturated carbocycles. The average Bonchev–Trinajstić information content (AvgIpc) is 2.81. The zero-order chi connectivity index (χ0) is 11.5. The second-order valence-electron chi connectivity index (χ2n) is 3.19. The summed E-state index contributed by atoms with van der Waals surface area (Å²) in [4.78, 5) is 0. The van der Waals surface area contributed by atoms with Gasteiger partial charge in [0.2, 0.25) is 0 Å². The maximum absolute atomic E-state index is 4.93. The molecule has 0 saturated heterocycles. The molecule has 0 aromatic carbocycles. The molecule has 0 spiro atoms. The van der Waals surface area contributed by atoms with Gasteiger partial charge in [-0.1, -0.05) is 19.3 Å². The molecule has 0 aromatic heterocycles. The number of rotatable bonds is 0. The van der Waals surface area contributed by atoms with Crippen LogP contribution in [0.4, 0.5) is 0 Å². The van der Waals surface area contributed by atoms with Crippen LogP contribution in [0.2, 0.25) is 0 Å². The van der Waals surface area contributed by atoms with Gasteiger partial charge in [-0.25, -0.2) is 23.8 Å². The van der Waals surface area contributed by atoms with Gasteiger partial charge in [-0.2, -0.15) is 12.2 Å². The van der Waals surface area contributed by atoms with Crippen LogP contribution in [0, 0.1) is 18.1 Å². The Morgan fingerprint density at radius 1 is 1.40 bits per heavy atom. The summed E-state index contributed by atoms with van der Waals surface area (Å²) in [6.45, 7) is 4.24. The molecule has 0 radical (unpaired) electrons. The number of hydrogen-bond donors (Lipinski definition) is 0. The predicted octanol–water partition coefficient (Wildman–Crippen LogP) is 4.62. The monoisotopic (exact) mass is 318 g/mol. The van der Waals surface area contributed by atoms with E-state index in [2.05, 4.69) is 32.1 Å². The third-order valence-electron chi connectivity index (χ3n) is 1.73.